The van der Waals surface area contributed by atoms with Gasteiger partial charge in [-0.1, -0.05) is 0 Å². The number of carbonyl (C=O) groups excluding carboxylic acids is 1. The Morgan fingerprint density at radius 3 is 2.57 bits per heavy atom. The summed E-state index contributed by atoms with van der Waals surface area (Å²) in [5, 5.41) is 2.77. The van der Waals surface area contributed by atoms with E-state index in [-0.39, 0.29) is 5.78 Å². The molecule has 1 radical (unpaired) electrons. The monoisotopic (exact) mass is 100 g/mol. The van der Waals surface area contributed by atoms with Crippen molar-refractivity contribution in [2.24, 2.45) is 0 Å². The molecular weight excluding hydrogens is 90.1 g/mol. The Hall–Kier alpha value is -0.370. The van der Waals surface area contributed by atoms with Crippen molar-refractivity contribution in [3.8, 4) is 0 Å². The first kappa shape index (κ1) is 6.63. The molecule has 1 N–H and O–H groups in total. The third-order valence-corrected chi connectivity index (χ3v) is 0.555. The Morgan fingerprint density at radius 2 is 2.43 bits per heavy atom. The summed E-state index contributed by atoms with van der Waals surface area (Å²) in [6.07, 6.45) is 0. The lowest BCUT2D eigenvalue weighted by Crippen LogP contribution is -2.16. The first-order chi connectivity index (χ1) is 3.27. The molecule has 0 saturated heterocycles. The predicted octanol–water partition coefficient (Wildman–Crippen LogP) is 0.347. The third-order valence-electron chi connectivity index (χ3n) is 0.555. The van der Waals surface area contributed by atoms with Crippen molar-refractivity contribution in [3.63, 3.8) is 0 Å². The fourth-order valence-corrected chi connectivity index (χ4v) is 0.246. The molecule has 0 aromatic heterocycles. The molecule has 0 aliphatic rings. The van der Waals surface area contributed by atoms with Gasteiger partial charge in [-0.25, -0.2) is 0 Å². The first-order valence-electron chi connectivity index (χ1n) is 2.28. The van der Waals surface area contributed by atoms with E-state index in [4.69, 9.17) is 0 Å². The van der Waals surface area contributed by atoms with E-state index in [0.29, 0.717) is 6.54 Å². The molecule has 0 aromatic rings. The molecule has 0 aliphatic carbocycles. The summed E-state index contributed by atoms with van der Waals surface area (Å²) in [5.41, 5.74) is 0. The van der Waals surface area contributed by atoms with Crippen LogP contribution in [-0.4, -0.2) is 12.3 Å². The molecule has 0 unspecified atom stereocenters. The number of ketones is 1. The van der Waals surface area contributed by atoms with Gasteiger partial charge in [-0.2, -0.15) is 0 Å². The van der Waals surface area contributed by atoms with E-state index in [1.807, 2.05) is 6.92 Å². The van der Waals surface area contributed by atoms with E-state index in [0.717, 1.165) is 0 Å². The van der Waals surface area contributed by atoms with Crippen molar-refractivity contribution in [3.05, 3.63) is 6.54 Å². The van der Waals surface area contributed by atoms with Crippen LogP contribution in [-0.2, 0) is 4.79 Å². The Morgan fingerprint density at radius 1 is 1.86 bits per heavy atom. The van der Waals surface area contributed by atoms with Gasteiger partial charge in [-0.05, 0) is 13.8 Å². The maximum Gasteiger partial charge on any atom is 0.143 e. The Balaban J connectivity index is 2.82. The summed E-state index contributed by atoms with van der Waals surface area (Å²) < 4.78 is 0. The van der Waals surface area contributed by atoms with Gasteiger partial charge in [0.1, 0.15) is 5.78 Å². The number of carbonyl (C=O) groups is 1. The normalized spacial score (nSPS) is 8.86. The van der Waals surface area contributed by atoms with Crippen molar-refractivity contribution < 1.29 is 4.79 Å². The van der Waals surface area contributed by atoms with Crippen LogP contribution in [0.4, 0.5) is 0 Å². The summed E-state index contributed by atoms with van der Waals surface area (Å²) in [7, 11) is 0. The molecule has 0 bridgehead atoms. The highest BCUT2D eigenvalue weighted by atomic mass is 16.1. The summed E-state index contributed by atoms with van der Waals surface area (Å²) in [6.45, 7) is 5.61. The molecule has 0 fully saturated rings. The summed E-state index contributed by atoms with van der Waals surface area (Å²) in [4.78, 5) is 10.1. The van der Waals surface area contributed by atoms with Crippen LogP contribution < -0.4 is 5.32 Å². The second-order valence-electron chi connectivity index (χ2n) is 1.37. The molecule has 0 aliphatic heterocycles. The fourth-order valence-electron chi connectivity index (χ4n) is 0.246. The Kier molecular flexibility index (Phi) is 3.61. The molecule has 7 heavy (non-hydrogen) atoms. The molecule has 0 heterocycles. The van der Waals surface area contributed by atoms with Gasteiger partial charge in [0.05, 0.1) is 6.54 Å². The molecule has 2 heteroatoms. The fraction of sp³-hybridized carbons (Fsp3) is 0.600. The predicted molar refractivity (Wildman–Crippen MR) is 28.7 cm³/mol. The van der Waals surface area contributed by atoms with Gasteiger partial charge in [-0.3, -0.25) is 4.79 Å². The van der Waals surface area contributed by atoms with Crippen molar-refractivity contribution in [2.75, 3.05) is 6.54 Å². The second-order valence-corrected chi connectivity index (χ2v) is 1.37. The van der Waals surface area contributed by atoms with Gasteiger partial charge in [0.15, 0.2) is 0 Å². The third kappa shape index (κ3) is 5.63. The van der Waals surface area contributed by atoms with E-state index in [2.05, 4.69) is 5.32 Å². The van der Waals surface area contributed by atoms with Crippen LogP contribution in [0.3, 0.4) is 0 Å². The molecule has 0 rings (SSSR count). The van der Waals surface area contributed by atoms with Crippen LogP contribution in [0.15, 0.2) is 0 Å². The molecule has 0 amide bonds. The Labute approximate surface area is 43.9 Å². The van der Waals surface area contributed by atoms with Crippen molar-refractivity contribution in [2.45, 2.75) is 13.8 Å². The average molecular weight is 100 g/mol. The highest BCUT2D eigenvalue weighted by Crippen LogP contribution is 1.64. The van der Waals surface area contributed by atoms with E-state index >= 15 is 0 Å². The van der Waals surface area contributed by atoms with Gasteiger partial charge in [-0.15, -0.1) is 0 Å². The minimum atomic E-state index is 0.165. The zero-order chi connectivity index (χ0) is 5.70. The van der Waals surface area contributed by atoms with Crippen LogP contribution in [0, 0.1) is 6.54 Å². The van der Waals surface area contributed by atoms with Gasteiger partial charge in [0.25, 0.3) is 0 Å². The smallest absolute Gasteiger partial charge is 0.143 e. The van der Waals surface area contributed by atoms with Crippen molar-refractivity contribution >= 4 is 5.78 Å². The lowest BCUT2D eigenvalue weighted by atomic mass is 10.4. The van der Waals surface area contributed by atoms with Crippen LogP contribution >= 0.6 is 0 Å². The van der Waals surface area contributed by atoms with Crippen LogP contribution in [0.2, 0.25) is 0 Å². The molecule has 0 saturated carbocycles. The van der Waals surface area contributed by atoms with Gasteiger partial charge in [0, 0.05) is 6.54 Å². The van der Waals surface area contributed by atoms with Gasteiger partial charge in [0.2, 0.25) is 0 Å². The summed E-state index contributed by atoms with van der Waals surface area (Å²) in [5.74, 6) is 0.165. The topological polar surface area (TPSA) is 29.1 Å². The molecule has 0 aromatic carbocycles. The minimum absolute atomic E-state index is 0.165. The van der Waals surface area contributed by atoms with Crippen LogP contribution in [0.25, 0.3) is 0 Å². The number of hydrogen-bond donors (Lipinski definition) is 1. The molecule has 41 valence electrons. The number of nitrogens with one attached hydrogen (secondary N) is 1. The number of hydrogen-bond acceptors (Lipinski definition) is 2. The summed E-state index contributed by atoms with van der Waals surface area (Å²) >= 11 is 0. The highest BCUT2D eigenvalue weighted by molar-refractivity contribution is 5.77. The maximum atomic E-state index is 10.1. The number of rotatable bonds is 3. The van der Waals surface area contributed by atoms with E-state index in [1.54, 1.807) is 13.5 Å². The lowest BCUT2D eigenvalue weighted by molar-refractivity contribution is -0.116. The average Bonchev–Trinajstić information content (AvgIpc) is 1.61. The standard InChI is InChI=1S/C5H10NO/c1-3-6-4-5(2)7/h3,6H,4H2,1-2H3. The van der Waals surface area contributed by atoms with Crippen LogP contribution in [0.5, 0.6) is 0 Å². The minimum Gasteiger partial charge on any atom is -0.306 e. The molecular formula is C5H10NO. The van der Waals surface area contributed by atoms with Gasteiger partial charge < -0.3 is 5.32 Å². The zero-order valence-corrected chi connectivity index (χ0v) is 4.69. The highest BCUT2D eigenvalue weighted by Gasteiger charge is 1.85. The molecule has 2 nitrogen and oxygen atoms in total. The van der Waals surface area contributed by atoms with E-state index in [9.17, 15) is 4.79 Å². The molecule has 0 atom stereocenters. The van der Waals surface area contributed by atoms with E-state index < -0.39 is 0 Å². The number of Topliss-reactive ketones (excluding diaryl/α,β-unsaturated/α-hetero) is 1. The summed E-state index contributed by atoms with van der Waals surface area (Å²) in [6, 6.07) is 0. The van der Waals surface area contributed by atoms with Gasteiger partial charge >= 0.3 is 0 Å². The SMILES string of the molecule is C[CH]NCC(C)=O. The van der Waals surface area contributed by atoms with Crippen LogP contribution in [0.1, 0.15) is 13.8 Å². The first-order valence-corrected chi connectivity index (χ1v) is 2.28. The van der Waals surface area contributed by atoms with E-state index in [1.165, 1.54) is 0 Å². The zero-order valence-electron chi connectivity index (χ0n) is 4.69. The van der Waals surface area contributed by atoms with Crippen molar-refractivity contribution in [1.29, 1.82) is 0 Å². The van der Waals surface area contributed by atoms with Crippen molar-refractivity contribution in [1.82, 2.24) is 5.32 Å². The maximum absolute atomic E-state index is 10.1. The Bertz CT molecular complexity index is 61.1. The quantitative estimate of drug-likeness (QED) is 0.554. The second kappa shape index (κ2) is 3.81. The molecule has 0 spiro atoms. The lowest BCUT2D eigenvalue weighted by Gasteiger charge is -1.91. The largest absolute Gasteiger partial charge is 0.306 e.